The van der Waals surface area contributed by atoms with E-state index in [1.165, 1.54) is 11.3 Å². The van der Waals surface area contributed by atoms with Gasteiger partial charge in [-0.15, -0.1) is 10.2 Å². The Morgan fingerprint density at radius 3 is 2.78 bits per heavy atom. The van der Waals surface area contributed by atoms with E-state index in [0.717, 1.165) is 22.7 Å². The van der Waals surface area contributed by atoms with Crippen molar-refractivity contribution in [2.45, 2.75) is 26.3 Å². The van der Waals surface area contributed by atoms with Crippen LogP contribution in [0.2, 0.25) is 0 Å². The van der Waals surface area contributed by atoms with Crippen LogP contribution in [0, 0.1) is 6.92 Å². The number of aryl methyl sites for hydroxylation is 1. The van der Waals surface area contributed by atoms with Gasteiger partial charge >= 0.3 is 6.03 Å². The van der Waals surface area contributed by atoms with Gasteiger partial charge in [-0.1, -0.05) is 17.4 Å². The third-order valence-electron chi connectivity index (χ3n) is 3.37. The Morgan fingerprint density at radius 1 is 1.26 bits per heavy atom. The summed E-state index contributed by atoms with van der Waals surface area (Å²) in [7, 11) is 0. The number of amides is 2. The van der Waals surface area contributed by atoms with Crippen molar-refractivity contribution in [3.63, 3.8) is 0 Å². The van der Waals surface area contributed by atoms with Crippen molar-refractivity contribution in [2.75, 3.05) is 18.5 Å². The molecular weight excluding hydrogens is 316 g/mol. The van der Waals surface area contributed by atoms with E-state index in [0.29, 0.717) is 24.1 Å². The number of nitrogens with zero attached hydrogens (tertiary/aromatic N) is 2. The van der Waals surface area contributed by atoms with Crippen LogP contribution in [0.15, 0.2) is 18.2 Å². The van der Waals surface area contributed by atoms with Gasteiger partial charge in [0.1, 0.15) is 5.01 Å². The van der Waals surface area contributed by atoms with E-state index >= 15 is 0 Å². The Labute approximate surface area is 138 Å². The van der Waals surface area contributed by atoms with Crippen LogP contribution in [0.5, 0.6) is 11.5 Å². The minimum Gasteiger partial charge on any atom is -0.490 e. The first-order valence-electron chi connectivity index (χ1n) is 7.39. The van der Waals surface area contributed by atoms with Gasteiger partial charge in [-0.2, -0.15) is 0 Å². The summed E-state index contributed by atoms with van der Waals surface area (Å²) in [6.07, 6.45) is 0.863. The van der Waals surface area contributed by atoms with Crippen LogP contribution in [0.25, 0.3) is 0 Å². The van der Waals surface area contributed by atoms with Gasteiger partial charge < -0.3 is 14.8 Å². The van der Waals surface area contributed by atoms with E-state index < -0.39 is 0 Å². The molecule has 2 N–H and O–H groups in total. The zero-order chi connectivity index (χ0) is 16.2. The monoisotopic (exact) mass is 334 g/mol. The first kappa shape index (κ1) is 15.5. The van der Waals surface area contributed by atoms with E-state index in [-0.39, 0.29) is 12.1 Å². The van der Waals surface area contributed by atoms with Gasteiger partial charge in [0.2, 0.25) is 5.13 Å². The number of hydrogen-bond acceptors (Lipinski definition) is 6. The van der Waals surface area contributed by atoms with Crippen LogP contribution < -0.4 is 20.1 Å². The van der Waals surface area contributed by atoms with E-state index in [4.69, 9.17) is 9.47 Å². The molecule has 23 heavy (non-hydrogen) atoms. The Bertz CT molecular complexity index is 704. The summed E-state index contributed by atoms with van der Waals surface area (Å²) in [6.45, 7) is 5.03. The number of nitrogens with one attached hydrogen (secondary N) is 2. The molecule has 2 aromatic rings. The normalized spacial score (nSPS) is 14.7. The molecule has 3 rings (SSSR count). The summed E-state index contributed by atoms with van der Waals surface area (Å²) in [4.78, 5) is 12.0. The van der Waals surface area contributed by atoms with Gasteiger partial charge in [-0.05, 0) is 31.5 Å². The highest BCUT2D eigenvalue weighted by molar-refractivity contribution is 7.15. The highest BCUT2D eigenvalue weighted by atomic mass is 32.1. The van der Waals surface area contributed by atoms with Crippen molar-refractivity contribution in [3.05, 3.63) is 28.8 Å². The molecule has 7 nitrogen and oxygen atoms in total. The molecule has 2 heterocycles. The first-order chi connectivity index (χ1) is 11.1. The molecular formula is C15H18N4O3S. The number of carbonyl (C=O) groups is 1. The minimum absolute atomic E-state index is 0.179. The van der Waals surface area contributed by atoms with Crippen LogP contribution in [0.1, 0.15) is 30.0 Å². The van der Waals surface area contributed by atoms with Crippen molar-refractivity contribution < 1.29 is 14.3 Å². The van der Waals surface area contributed by atoms with Crippen molar-refractivity contribution in [1.29, 1.82) is 0 Å². The SMILES string of the molecule is Cc1nnc(NC(=O)NC(C)c2ccc3c(c2)OCCCO3)s1. The van der Waals surface area contributed by atoms with E-state index in [2.05, 4.69) is 20.8 Å². The minimum atomic E-state index is -0.319. The molecule has 0 radical (unpaired) electrons. The van der Waals surface area contributed by atoms with Crippen molar-refractivity contribution in [3.8, 4) is 11.5 Å². The first-order valence-corrected chi connectivity index (χ1v) is 8.20. The Kier molecular flexibility index (Phi) is 4.61. The maximum Gasteiger partial charge on any atom is 0.321 e. The fraction of sp³-hybridized carbons (Fsp3) is 0.400. The average Bonchev–Trinajstić information content (AvgIpc) is 2.79. The molecule has 0 saturated heterocycles. The van der Waals surface area contributed by atoms with Gasteiger partial charge in [-0.25, -0.2) is 4.79 Å². The van der Waals surface area contributed by atoms with Crippen LogP contribution >= 0.6 is 11.3 Å². The summed E-state index contributed by atoms with van der Waals surface area (Å²) in [6, 6.07) is 5.20. The lowest BCUT2D eigenvalue weighted by Crippen LogP contribution is -2.31. The summed E-state index contributed by atoms with van der Waals surface area (Å²) >= 11 is 1.33. The van der Waals surface area contributed by atoms with Crippen molar-refractivity contribution in [2.24, 2.45) is 0 Å². The third-order valence-corrected chi connectivity index (χ3v) is 4.12. The van der Waals surface area contributed by atoms with Gasteiger partial charge in [0.15, 0.2) is 11.5 Å². The largest absolute Gasteiger partial charge is 0.490 e. The number of fused-ring (bicyclic) bond motifs is 1. The Morgan fingerprint density at radius 2 is 2.04 bits per heavy atom. The number of anilines is 1. The highest BCUT2D eigenvalue weighted by Gasteiger charge is 2.15. The molecule has 1 aliphatic rings. The van der Waals surface area contributed by atoms with Crippen LogP contribution in [-0.4, -0.2) is 29.4 Å². The fourth-order valence-corrected chi connectivity index (χ4v) is 2.80. The molecule has 8 heteroatoms. The summed E-state index contributed by atoms with van der Waals surface area (Å²) in [5.74, 6) is 1.46. The maximum atomic E-state index is 12.0. The number of aromatic nitrogens is 2. The summed E-state index contributed by atoms with van der Waals surface area (Å²) < 4.78 is 11.3. The molecule has 0 bridgehead atoms. The lowest BCUT2D eigenvalue weighted by Gasteiger charge is -2.16. The number of rotatable bonds is 3. The molecule has 0 fully saturated rings. The predicted octanol–water partition coefficient (Wildman–Crippen LogP) is 2.89. The number of carbonyl (C=O) groups excluding carboxylic acids is 1. The Balaban J connectivity index is 1.64. The standard InChI is InChI=1S/C15H18N4O3S/c1-9(16-14(20)17-15-19-18-10(2)23-15)11-4-5-12-13(8-11)22-7-3-6-21-12/h4-5,8-9H,3,6-7H2,1-2H3,(H2,16,17,19,20). The predicted molar refractivity (Wildman–Crippen MR) is 87.3 cm³/mol. The Hall–Kier alpha value is -2.35. The van der Waals surface area contributed by atoms with Gasteiger partial charge in [0, 0.05) is 6.42 Å². The lowest BCUT2D eigenvalue weighted by molar-refractivity contribution is 0.249. The zero-order valence-electron chi connectivity index (χ0n) is 13.0. The zero-order valence-corrected chi connectivity index (χ0v) is 13.8. The fourth-order valence-electron chi connectivity index (χ4n) is 2.21. The number of urea groups is 1. The molecule has 1 aliphatic heterocycles. The molecule has 1 aromatic heterocycles. The molecule has 1 unspecified atom stereocenters. The molecule has 1 aromatic carbocycles. The molecule has 0 aliphatic carbocycles. The molecule has 1 atom stereocenters. The molecule has 122 valence electrons. The second-order valence-corrected chi connectivity index (χ2v) is 6.38. The summed E-state index contributed by atoms with van der Waals surface area (Å²) in [5.41, 5.74) is 0.942. The van der Waals surface area contributed by atoms with Crippen molar-refractivity contribution in [1.82, 2.24) is 15.5 Å². The quantitative estimate of drug-likeness (QED) is 0.901. The number of hydrogen-bond donors (Lipinski definition) is 2. The summed E-state index contributed by atoms with van der Waals surface area (Å²) in [5, 5.41) is 14.5. The van der Waals surface area contributed by atoms with Gasteiger partial charge in [0.05, 0.1) is 19.3 Å². The smallest absolute Gasteiger partial charge is 0.321 e. The van der Waals surface area contributed by atoms with Gasteiger partial charge in [-0.3, -0.25) is 5.32 Å². The van der Waals surface area contributed by atoms with E-state index in [1.54, 1.807) is 0 Å². The lowest BCUT2D eigenvalue weighted by atomic mass is 10.1. The molecule has 0 saturated carbocycles. The maximum absolute atomic E-state index is 12.0. The third kappa shape index (κ3) is 3.89. The average molecular weight is 334 g/mol. The van der Waals surface area contributed by atoms with E-state index in [9.17, 15) is 4.79 Å². The number of ether oxygens (including phenoxy) is 2. The molecule has 2 amide bonds. The van der Waals surface area contributed by atoms with Crippen molar-refractivity contribution >= 4 is 22.5 Å². The van der Waals surface area contributed by atoms with E-state index in [1.807, 2.05) is 32.0 Å². The highest BCUT2D eigenvalue weighted by Crippen LogP contribution is 2.32. The van der Waals surface area contributed by atoms with Gasteiger partial charge in [0.25, 0.3) is 0 Å². The van der Waals surface area contributed by atoms with Crippen LogP contribution in [0.3, 0.4) is 0 Å². The number of benzene rings is 1. The second-order valence-electron chi connectivity index (χ2n) is 5.20. The topological polar surface area (TPSA) is 85.4 Å². The van der Waals surface area contributed by atoms with Crippen LogP contribution in [0.4, 0.5) is 9.93 Å². The second kappa shape index (κ2) is 6.82. The molecule has 0 spiro atoms. The van der Waals surface area contributed by atoms with Crippen LogP contribution in [-0.2, 0) is 0 Å².